The number of para-hydroxylation sites is 2. The maximum absolute atomic E-state index is 9.36. The Bertz CT molecular complexity index is 3520. The van der Waals surface area contributed by atoms with Crippen LogP contribution in [0.3, 0.4) is 0 Å². The van der Waals surface area contributed by atoms with Crippen molar-refractivity contribution in [1.82, 2.24) is 0 Å². The molecule has 0 N–H and O–H groups in total. The summed E-state index contributed by atoms with van der Waals surface area (Å²) in [6.07, 6.45) is 0. The summed E-state index contributed by atoms with van der Waals surface area (Å²) in [4.78, 5) is 4.37. The summed E-state index contributed by atoms with van der Waals surface area (Å²) in [6.45, 7) is 6.13. The van der Waals surface area contributed by atoms with Gasteiger partial charge >= 0.3 is 0 Å². The van der Waals surface area contributed by atoms with Crippen molar-refractivity contribution in [2.24, 2.45) is 0 Å². The van der Waals surface area contributed by atoms with Crippen molar-refractivity contribution in [1.29, 1.82) is 0 Å². The van der Waals surface area contributed by atoms with E-state index in [9.17, 15) is 5.48 Å². The molecule has 2 nitrogen and oxygen atoms in total. The first-order chi connectivity index (χ1) is 34.1. The Balaban J connectivity index is 1.31. The smallest absolute Gasteiger partial charge is 0.252 e. The van der Waals surface area contributed by atoms with E-state index in [4.69, 9.17) is 8.22 Å². The SMILES string of the molecule is [2H]c1c([2H])c([2H])c(-c2cccc(-c3c([2H])c([2H])c([2H])c([2H])c3[2H])c2N2c3ccccc3B3c4ccc(-c5ccccc5)cc4N(c4cccc(-c5ccccc5)c4)c4cc(C(C)(C)C)cc2c43)c([2H])c1[2H]. The fraction of sp³-hybridized carbons (Fsp3) is 0.0690. The predicted octanol–water partition coefficient (Wildman–Crippen LogP) is 13.7. The number of anilines is 6. The highest BCUT2D eigenvalue weighted by Gasteiger charge is 2.44. The van der Waals surface area contributed by atoms with Gasteiger partial charge in [0.2, 0.25) is 0 Å². The van der Waals surface area contributed by atoms with Crippen LogP contribution in [0.1, 0.15) is 40.0 Å². The van der Waals surface area contributed by atoms with E-state index in [-0.39, 0.29) is 29.0 Å². The van der Waals surface area contributed by atoms with E-state index < -0.39 is 65.8 Å². The zero-order valence-electron chi connectivity index (χ0n) is 44.0. The number of nitrogens with zero attached hydrogens (tertiary/aromatic N) is 2. The van der Waals surface area contributed by atoms with Gasteiger partial charge in [-0.1, -0.05) is 203 Å². The molecular weight excluding hydrogens is 735 g/mol. The van der Waals surface area contributed by atoms with Gasteiger partial charge in [0.05, 0.1) is 19.4 Å². The van der Waals surface area contributed by atoms with Crippen molar-refractivity contribution in [3.8, 4) is 44.5 Å². The fourth-order valence-electron chi connectivity index (χ4n) is 9.12. The van der Waals surface area contributed by atoms with Gasteiger partial charge in [0, 0.05) is 39.6 Å². The number of benzene rings is 9. The lowest BCUT2D eigenvalue weighted by atomic mass is 9.33. The van der Waals surface area contributed by atoms with Crippen LogP contribution in [0.2, 0.25) is 0 Å². The second kappa shape index (κ2) is 14.7. The molecule has 9 aromatic carbocycles. The van der Waals surface area contributed by atoms with Gasteiger partial charge in [-0.05, 0) is 97.1 Å². The Morgan fingerprint density at radius 1 is 0.410 bits per heavy atom. The van der Waals surface area contributed by atoms with Crippen molar-refractivity contribution in [3.63, 3.8) is 0 Å². The van der Waals surface area contributed by atoms with Gasteiger partial charge in [0.1, 0.15) is 0 Å². The molecule has 0 spiro atoms. The molecule has 2 aliphatic rings. The summed E-state index contributed by atoms with van der Waals surface area (Å²) >= 11 is 0. The first-order valence-corrected chi connectivity index (χ1v) is 20.6. The highest BCUT2D eigenvalue weighted by Crippen LogP contribution is 2.51. The third-order valence-electron chi connectivity index (χ3n) is 12.0. The lowest BCUT2D eigenvalue weighted by molar-refractivity contribution is 0.590. The molecule has 0 unspecified atom stereocenters. The zero-order valence-corrected chi connectivity index (χ0v) is 34.0. The minimum absolute atomic E-state index is 0.0844. The van der Waals surface area contributed by atoms with Crippen LogP contribution in [0.15, 0.2) is 218 Å². The second-order valence-electron chi connectivity index (χ2n) is 16.6. The minimum atomic E-state index is -0.546. The standard InChI is InChI=1S/C58H45BN2/c1-58(2,3)46-38-54-56-55(39-46)61(57-48(42-24-12-6-13-25-42)30-19-31-49(57)43-26-14-7-15-27-43)52-33-17-16-32-50(52)59(56)51-35-34-45(41-22-10-5-11-23-41)37-53(51)60(54)47-29-18-28-44(36-47)40-20-8-4-9-21-40/h4-39H,1-3H3/i6D,7D,12D,13D,14D,15D,24D,25D,26D,27D. The van der Waals surface area contributed by atoms with E-state index in [1.54, 1.807) is 18.2 Å². The normalized spacial score (nSPS) is 15.0. The van der Waals surface area contributed by atoms with Crippen LogP contribution in [0, 0.1) is 0 Å². The largest absolute Gasteiger partial charge is 0.311 e. The first-order valence-electron chi connectivity index (χ1n) is 25.6. The zero-order chi connectivity index (χ0) is 49.8. The maximum atomic E-state index is 9.36. The van der Waals surface area contributed by atoms with Crippen LogP contribution in [0.5, 0.6) is 0 Å². The molecule has 61 heavy (non-hydrogen) atoms. The van der Waals surface area contributed by atoms with Crippen LogP contribution in [-0.4, -0.2) is 6.71 Å². The Morgan fingerprint density at radius 2 is 0.934 bits per heavy atom. The molecular formula is C58H45BN2. The average molecular weight is 791 g/mol. The van der Waals surface area contributed by atoms with Gasteiger partial charge in [0.15, 0.2) is 0 Å². The van der Waals surface area contributed by atoms with Gasteiger partial charge in [0.25, 0.3) is 6.71 Å². The van der Waals surface area contributed by atoms with Crippen LogP contribution < -0.4 is 26.2 Å². The van der Waals surface area contributed by atoms with Crippen LogP contribution in [0.4, 0.5) is 34.1 Å². The van der Waals surface area contributed by atoms with E-state index in [0.29, 0.717) is 11.4 Å². The average Bonchev–Trinajstić information content (AvgIpc) is 3.38. The second-order valence-corrected chi connectivity index (χ2v) is 16.6. The monoisotopic (exact) mass is 790 g/mol. The highest BCUT2D eigenvalue weighted by molar-refractivity contribution is 7.00. The van der Waals surface area contributed by atoms with Crippen molar-refractivity contribution in [2.75, 3.05) is 9.80 Å². The molecule has 2 aliphatic heterocycles. The van der Waals surface area contributed by atoms with Crippen LogP contribution >= 0.6 is 0 Å². The van der Waals surface area contributed by atoms with Crippen molar-refractivity contribution >= 4 is 57.2 Å². The van der Waals surface area contributed by atoms with Crippen molar-refractivity contribution < 1.29 is 13.7 Å². The molecule has 0 aliphatic carbocycles. The molecule has 9 aromatic rings. The number of hydrogen-bond acceptors (Lipinski definition) is 2. The third kappa shape index (κ3) is 6.28. The molecule has 0 atom stereocenters. The number of rotatable bonds is 6. The van der Waals surface area contributed by atoms with E-state index in [1.165, 1.54) is 0 Å². The summed E-state index contributed by atoms with van der Waals surface area (Å²) in [5.74, 6) is 0. The molecule has 2 heterocycles. The molecule has 290 valence electrons. The summed E-state index contributed by atoms with van der Waals surface area (Å²) in [6, 6.07) is 48.4. The lowest BCUT2D eigenvalue weighted by Crippen LogP contribution is -2.61. The van der Waals surface area contributed by atoms with Gasteiger partial charge < -0.3 is 9.80 Å². The maximum Gasteiger partial charge on any atom is 0.252 e. The highest BCUT2D eigenvalue weighted by atomic mass is 15.2. The lowest BCUT2D eigenvalue weighted by Gasteiger charge is -2.46. The van der Waals surface area contributed by atoms with E-state index in [0.717, 1.165) is 67.0 Å². The van der Waals surface area contributed by atoms with Crippen molar-refractivity contribution in [3.05, 3.63) is 224 Å². The topological polar surface area (TPSA) is 6.48 Å². The van der Waals surface area contributed by atoms with Gasteiger partial charge in [-0.3, -0.25) is 0 Å². The summed E-state index contributed by atoms with van der Waals surface area (Å²) in [5.41, 5.74) is 12.5. The molecule has 0 amide bonds. The van der Waals surface area contributed by atoms with E-state index in [1.807, 2.05) is 59.5 Å². The quantitative estimate of drug-likeness (QED) is 0.155. The minimum Gasteiger partial charge on any atom is -0.311 e. The van der Waals surface area contributed by atoms with Gasteiger partial charge in [-0.15, -0.1) is 0 Å². The Kier molecular flexibility index (Phi) is 6.62. The summed E-state index contributed by atoms with van der Waals surface area (Å²) in [7, 11) is 0. The van der Waals surface area contributed by atoms with E-state index >= 15 is 0 Å². The Morgan fingerprint density at radius 3 is 1.56 bits per heavy atom. The van der Waals surface area contributed by atoms with Crippen LogP contribution in [0.25, 0.3) is 44.5 Å². The van der Waals surface area contributed by atoms with Crippen LogP contribution in [-0.2, 0) is 5.41 Å². The molecule has 11 rings (SSSR count). The molecule has 0 aromatic heterocycles. The Labute approximate surface area is 374 Å². The molecule has 0 bridgehead atoms. The van der Waals surface area contributed by atoms with Gasteiger partial charge in [-0.2, -0.15) is 0 Å². The molecule has 0 fully saturated rings. The van der Waals surface area contributed by atoms with E-state index in [2.05, 4.69) is 111 Å². The summed E-state index contributed by atoms with van der Waals surface area (Å²) in [5, 5.41) is 0. The summed E-state index contributed by atoms with van der Waals surface area (Å²) < 4.78 is 89.9. The number of fused-ring (bicyclic) bond motifs is 4. The first kappa shape index (κ1) is 27.4. The van der Waals surface area contributed by atoms with Gasteiger partial charge in [-0.25, -0.2) is 0 Å². The molecule has 0 saturated heterocycles. The molecule has 3 heteroatoms. The molecule has 0 saturated carbocycles. The predicted molar refractivity (Wildman–Crippen MR) is 261 cm³/mol. The third-order valence-corrected chi connectivity index (χ3v) is 12.0. The molecule has 0 radical (unpaired) electrons. The number of hydrogen-bond donors (Lipinski definition) is 0. The fourth-order valence-corrected chi connectivity index (χ4v) is 9.12. The Hall–Kier alpha value is -7.36. The van der Waals surface area contributed by atoms with Crippen molar-refractivity contribution in [2.45, 2.75) is 26.2 Å².